The third-order valence-electron chi connectivity index (χ3n) is 4.42. The minimum Gasteiger partial charge on any atom is -0.493 e. The second kappa shape index (κ2) is 8.13. The van der Waals surface area contributed by atoms with E-state index in [1.54, 1.807) is 21.3 Å². The van der Waals surface area contributed by atoms with E-state index in [1.165, 1.54) is 0 Å². The van der Waals surface area contributed by atoms with E-state index < -0.39 is 0 Å². The molecule has 0 aromatic heterocycles. The smallest absolute Gasteiger partial charge is 0.203 e. The van der Waals surface area contributed by atoms with Crippen molar-refractivity contribution in [1.82, 2.24) is 5.32 Å². The van der Waals surface area contributed by atoms with Crippen LogP contribution in [0.1, 0.15) is 45.6 Å². The third-order valence-corrected chi connectivity index (χ3v) is 4.42. The Morgan fingerprint density at radius 2 is 1.33 bits per heavy atom. The normalized spacial score (nSPS) is 11.3. The molecule has 0 saturated heterocycles. The van der Waals surface area contributed by atoms with Crippen molar-refractivity contribution in [2.45, 2.75) is 52.1 Å². The molecule has 1 rings (SSSR count). The van der Waals surface area contributed by atoms with Crippen molar-refractivity contribution in [1.29, 1.82) is 0 Å². The van der Waals surface area contributed by atoms with Crippen molar-refractivity contribution in [3.63, 3.8) is 0 Å². The summed E-state index contributed by atoms with van der Waals surface area (Å²) in [5.74, 6) is 2.03. The van der Waals surface area contributed by atoms with E-state index in [4.69, 9.17) is 14.2 Å². The van der Waals surface area contributed by atoms with Crippen LogP contribution in [-0.4, -0.2) is 26.9 Å². The molecule has 0 aliphatic heterocycles. The van der Waals surface area contributed by atoms with Crippen LogP contribution in [0, 0.1) is 0 Å². The molecule has 4 nitrogen and oxygen atoms in total. The molecule has 0 spiro atoms. The van der Waals surface area contributed by atoms with Crippen molar-refractivity contribution in [3.8, 4) is 17.2 Å². The minimum absolute atomic E-state index is 0.195. The Kier molecular flexibility index (Phi) is 6.82. The number of nitrogens with one attached hydrogen (secondary N) is 1. The molecule has 0 atom stereocenters. The van der Waals surface area contributed by atoms with Crippen molar-refractivity contribution >= 4 is 0 Å². The first-order valence-corrected chi connectivity index (χ1v) is 7.63. The topological polar surface area (TPSA) is 39.7 Å². The lowest BCUT2D eigenvalue weighted by Gasteiger charge is -2.32. The predicted molar refractivity (Wildman–Crippen MR) is 86.5 cm³/mol. The highest BCUT2D eigenvalue weighted by molar-refractivity contribution is 5.53. The van der Waals surface area contributed by atoms with Gasteiger partial charge in [0.1, 0.15) is 0 Å². The van der Waals surface area contributed by atoms with E-state index in [1.807, 2.05) is 12.1 Å². The molecule has 21 heavy (non-hydrogen) atoms. The van der Waals surface area contributed by atoms with Gasteiger partial charge >= 0.3 is 0 Å². The molecule has 1 aromatic rings. The standard InChI is InChI=1S/C17H29NO3/c1-7-17(8-2,9-3)18-12-13-10-14(19-4)16(21-6)15(11-13)20-5/h10-11,18H,7-9,12H2,1-6H3. The lowest BCUT2D eigenvalue weighted by molar-refractivity contribution is 0.286. The Morgan fingerprint density at radius 1 is 0.857 bits per heavy atom. The summed E-state index contributed by atoms with van der Waals surface area (Å²) in [6, 6.07) is 4.00. The SMILES string of the molecule is CCC(CC)(CC)NCc1cc(OC)c(OC)c(OC)c1. The van der Waals surface area contributed by atoms with E-state index >= 15 is 0 Å². The number of benzene rings is 1. The van der Waals surface area contributed by atoms with E-state index in [9.17, 15) is 0 Å². The molecule has 0 bridgehead atoms. The summed E-state index contributed by atoms with van der Waals surface area (Å²) in [6.45, 7) is 7.48. The van der Waals surface area contributed by atoms with Gasteiger partial charge in [0.05, 0.1) is 21.3 Å². The average Bonchev–Trinajstić information content (AvgIpc) is 2.55. The highest BCUT2D eigenvalue weighted by atomic mass is 16.5. The van der Waals surface area contributed by atoms with Crippen molar-refractivity contribution in [2.75, 3.05) is 21.3 Å². The lowest BCUT2D eigenvalue weighted by atomic mass is 9.89. The summed E-state index contributed by atoms with van der Waals surface area (Å²) >= 11 is 0. The first-order valence-electron chi connectivity index (χ1n) is 7.63. The molecule has 0 aliphatic carbocycles. The molecule has 0 aliphatic rings. The Labute approximate surface area is 128 Å². The predicted octanol–water partition coefficient (Wildman–Crippen LogP) is 3.77. The van der Waals surface area contributed by atoms with Gasteiger partial charge in [-0.3, -0.25) is 0 Å². The summed E-state index contributed by atoms with van der Waals surface area (Å²) in [5.41, 5.74) is 1.32. The van der Waals surface area contributed by atoms with Crippen LogP contribution in [0.5, 0.6) is 17.2 Å². The van der Waals surface area contributed by atoms with Gasteiger partial charge in [0.2, 0.25) is 5.75 Å². The number of methoxy groups -OCH3 is 3. The summed E-state index contributed by atoms with van der Waals surface area (Å²) in [7, 11) is 4.90. The Hall–Kier alpha value is -1.42. The number of hydrogen-bond donors (Lipinski definition) is 1. The Morgan fingerprint density at radius 3 is 1.67 bits per heavy atom. The Bertz CT molecular complexity index is 408. The maximum Gasteiger partial charge on any atom is 0.203 e. The number of hydrogen-bond acceptors (Lipinski definition) is 4. The molecular formula is C17H29NO3. The second-order valence-corrected chi connectivity index (χ2v) is 5.23. The van der Waals surface area contributed by atoms with Gasteiger partial charge in [-0.1, -0.05) is 20.8 Å². The largest absolute Gasteiger partial charge is 0.493 e. The van der Waals surface area contributed by atoms with Crippen LogP contribution in [0.25, 0.3) is 0 Å². The highest BCUT2D eigenvalue weighted by Gasteiger charge is 2.23. The summed E-state index contributed by atoms with van der Waals surface area (Å²) < 4.78 is 16.1. The molecule has 0 fully saturated rings. The molecule has 120 valence electrons. The van der Waals surface area contributed by atoms with E-state index in [2.05, 4.69) is 26.1 Å². The van der Waals surface area contributed by atoms with Crippen LogP contribution < -0.4 is 19.5 Å². The molecule has 0 radical (unpaired) electrons. The highest BCUT2D eigenvalue weighted by Crippen LogP contribution is 2.38. The maximum absolute atomic E-state index is 5.40. The zero-order chi connectivity index (χ0) is 15.9. The lowest BCUT2D eigenvalue weighted by Crippen LogP contribution is -2.43. The fourth-order valence-electron chi connectivity index (χ4n) is 2.65. The molecule has 0 saturated carbocycles. The third kappa shape index (κ3) is 4.03. The second-order valence-electron chi connectivity index (χ2n) is 5.23. The Balaban J connectivity index is 2.99. The van der Waals surface area contributed by atoms with Crippen molar-refractivity contribution in [2.24, 2.45) is 0 Å². The molecule has 0 heterocycles. The molecule has 0 unspecified atom stereocenters. The van der Waals surface area contributed by atoms with E-state index in [0.717, 1.165) is 31.4 Å². The summed E-state index contributed by atoms with van der Waals surface area (Å²) in [6.07, 6.45) is 3.35. The fraction of sp³-hybridized carbons (Fsp3) is 0.647. The summed E-state index contributed by atoms with van der Waals surface area (Å²) in [5, 5.41) is 3.69. The van der Waals surface area contributed by atoms with Gasteiger partial charge in [-0.2, -0.15) is 0 Å². The first kappa shape index (κ1) is 17.6. The van der Waals surface area contributed by atoms with Crippen LogP contribution in [0.4, 0.5) is 0 Å². The molecule has 0 amide bonds. The van der Waals surface area contributed by atoms with Gasteiger partial charge in [-0.15, -0.1) is 0 Å². The number of ether oxygens (including phenoxy) is 3. The average molecular weight is 295 g/mol. The molecule has 1 N–H and O–H groups in total. The van der Waals surface area contributed by atoms with E-state index in [0.29, 0.717) is 17.2 Å². The maximum atomic E-state index is 5.40. The van der Waals surface area contributed by atoms with Gasteiger partial charge < -0.3 is 19.5 Å². The van der Waals surface area contributed by atoms with Crippen molar-refractivity contribution < 1.29 is 14.2 Å². The minimum atomic E-state index is 0.195. The van der Waals surface area contributed by atoms with Gasteiger partial charge in [-0.25, -0.2) is 0 Å². The molecule has 4 heteroatoms. The molecule has 1 aromatic carbocycles. The van der Waals surface area contributed by atoms with Crippen LogP contribution in [0.3, 0.4) is 0 Å². The summed E-state index contributed by atoms with van der Waals surface area (Å²) in [4.78, 5) is 0. The van der Waals surface area contributed by atoms with Crippen LogP contribution >= 0.6 is 0 Å². The van der Waals surface area contributed by atoms with Gasteiger partial charge in [-0.05, 0) is 37.0 Å². The number of rotatable bonds is 9. The monoisotopic (exact) mass is 295 g/mol. The molecular weight excluding hydrogens is 266 g/mol. The van der Waals surface area contributed by atoms with Crippen LogP contribution in [0.15, 0.2) is 12.1 Å². The quantitative estimate of drug-likeness (QED) is 0.753. The van der Waals surface area contributed by atoms with Crippen LogP contribution in [0.2, 0.25) is 0 Å². The first-order chi connectivity index (χ1) is 10.1. The van der Waals surface area contributed by atoms with Gasteiger partial charge in [0, 0.05) is 12.1 Å². The zero-order valence-corrected chi connectivity index (χ0v) is 14.2. The zero-order valence-electron chi connectivity index (χ0n) is 14.2. The van der Waals surface area contributed by atoms with Gasteiger partial charge in [0.25, 0.3) is 0 Å². The van der Waals surface area contributed by atoms with E-state index in [-0.39, 0.29) is 5.54 Å². The van der Waals surface area contributed by atoms with Crippen LogP contribution in [-0.2, 0) is 6.54 Å². The van der Waals surface area contributed by atoms with Crippen molar-refractivity contribution in [3.05, 3.63) is 17.7 Å². The van der Waals surface area contributed by atoms with Gasteiger partial charge in [0.15, 0.2) is 11.5 Å². The fourth-order valence-corrected chi connectivity index (χ4v) is 2.65.